The van der Waals surface area contributed by atoms with Crippen LogP contribution >= 0.6 is 0 Å². The number of carbonyl (C=O) groups is 2. The summed E-state index contributed by atoms with van der Waals surface area (Å²) in [6.45, 7) is 6.31. The van der Waals surface area contributed by atoms with Crippen molar-refractivity contribution in [1.82, 2.24) is 19.8 Å². The third-order valence-corrected chi connectivity index (χ3v) is 6.31. The van der Waals surface area contributed by atoms with Gasteiger partial charge in [0.15, 0.2) is 0 Å². The minimum absolute atomic E-state index is 0.0553. The third kappa shape index (κ3) is 5.83. The third-order valence-electron chi connectivity index (χ3n) is 6.31. The molecule has 0 saturated carbocycles. The van der Waals surface area contributed by atoms with Crippen molar-refractivity contribution in [2.45, 2.75) is 57.9 Å². The number of carboxylic acid groups (broad SMARTS) is 1. The molecular formula is C27H33FN4O6. The lowest BCUT2D eigenvalue weighted by Crippen LogP contribution is -2.43. The zero-order valence-corrected chi connectivity index (χ0v) is 21.9. The van der Waals surface area contributed by atoms with Crippen LogP contribution in [0.15, 0.2) is 41.2 Å². The fourth-order valence-electron chi connectivity index (χ4n) is 4.67. The number of hydrogen-bond donors (Lipinski definition) is 3. The van der Waals surface area contributed by atoms with Crippen LogP contribution < -0.4 is 15.7 Å². The summed E-state index contributed by atoms with van der Waals surface area (Å²) in [6, 6.07) is 8.95. The van der Waals surface area contributed by atoms with Crippen LogP contribution in [0.1, 0.15) is 33.6 Å². The van der Waals surface area contributed by atoms with Gasteiger partial charge in [-0.15, -0.1) is 0 Å². The minimum Gasteiger partial charge on any atom is -0.488 e. The molecule has 2 atom stereocenters. The van der Waals surface area contributed by atoms with E-state index in [1.54, 1.807) is 45.0 Å². The van der Waals surface area contributed by atoms with Crippen molar-refractivity contribution >= 4 is 23.1 Å². The van der Waals surface area contributed by atoms with Crippen molar-refractivity contribution in [3.05, 3.63) is 52.7 Å². The van der Waals surface area contributed by atoms with E-state index in [0.717, 1.165) is 0 Å². The molecule has 0 aliphatic carbocycles. The molecule has 2 aromatic carbocycles. The number of benzene rings is 2. The zero-order chi connectivity index (χ0) is 27.6. The summed E-state index contributed by atoms with van der Waals surface area (Å²) in [4.78, 5) is 40.9. The summed E-state index contributed by atoms with van der Waals surface area (Å²) in [5.74, 6) is -1.19. The van der Waals surface area contributed by atoms with E-state index in [4.69, 9.17) is 9.47 Å². The van der Waals surface area contributed by atoms with Crippen molar-refractivity contribution in [1.29, 1.82) is 0 Å². The van der Waals surface area contributed by atoms with Crippen molar-refractivity contribution < 1.29 is 28.6 Å². The average Bonchev–Trinajstić information content (AvgIpc) is 3.41. The van der Waals surface area contributed by atoms with Gasteiger partial charge in [0, 0.05) is 18.5 Å². The van der Waals surface area contributed by atoms with E-state index in [0.29, 0.717) is 41.9 Å². The molecule has 11 heteroatoms. The first-order chi connectivity index (χ1) is 18.0. The summed E-state index contributed by atoms with van der Waals surface area (Å²) >= 11 is 0. The Hall–Kier alpha value is -3.86. The van der Waals surface area contributed by atoms with Crippen LogP contribution in [0.3, 0.4) is 0 Å². The van der Waals surface area contributed by atoms with Gasteiger partial charge in [-0.3, -0.25) is 9.47 Å². The molecule has 0 spiro atoms. The number of aromatic amines is 1. The van der Waals surface area contributed by atoms with Gasteiger partial charge in [0.25, 0.3) is 0 Å². The number of aliphatic carboxylic acids is 1. The van der Waals surface area contributed by atoms with E-state index >= 15 is 0 Å². The largest absolute Gasteiger partial charge is 0.488 e. The zero-order valence-electron chi connectivity index (χ0n) is 21.9. The number of nitrogens with one attached hydrogen (secondary N) is 2. The maximum Gasteiger partial charge on any atom is 0.411 e. The Kier molecular flexibility index (Phi) is 7.77. The highest BCUT2D eigenvalue weighted by molar-refractivity contribution is 5.93. The van der Waals surface area contributed by atoms with E-state index in [1.807, 2.05) is 13.1 Å². The summed E-state index contributed by atoms with van der Waals surface area (Å²) < 4.78 is 27.6. The normalized spacial score (nSPS) is 17.7. The van der Waals surface area contributed by atoms with Crippen LogP contribution in [0.4, 0.5) is 9.18 Å². The van der Waals surface area contributed by atoms with Crippen LogP contribution in [0.25, 0.3) is 22.2 Å². The summed E-state index contributed by atoms with van der Waals surface area (Å²) in [5.41, 5.74) is 0.802. The molecule has 1 aliphatic rings. The molecule has 1 aliphatic heterocycles. The Morgan fingerprint density at radius 3 is 2.68 bits per heavy atom. The highest BCUT2D eigenvalue weighted by Crippen LogP contribution is 2.32. The number of H-pyrrole nitrogens is 1. The molecule has 0 bridgehead atoms. The van der Waals surface area contributed by atoms with Gasteiger partial charge in [0.05, 0.1) is 12.1 Å². The van der Waals surface area contributed by atoms with Gasteiger partial charge >= 0.3 is 17.8 Å². The maximum atomic E-state index is 14.6. The standard InChI is InChI=1S/C27H33FN4O6/c1-27(2,3)38-26(36)32-15-18(14-21(32)24(33)34)37-17-8-5-7-16(13-17)19-9-10-20(28)22-23(19)31(25(35)30-22)12-6-11-29-4/h5,7-10,13,18,21,29H,6,11-12,14-15H2,1-4H3,(H,30,35)(H,33,34)/t18-,21-/m0/s1. The number of likely N-dealkylation sites (tertiary alicyclic amines) is 1. The summed E-state index contributed by atoms with van der Waals surface area (Å²) in [7, 11) is 1.82. The lowest BCUT2D eigenvalue weighted by atomic mass is 10.0. The van der Waals surface area contributed by atoms with Crippen LogP contribution in [-0.2, 0) is 16.1 Å². The molecule has 0 radical (unpaired) electrons. The van der Waals surface area contributed by atoms with Gasteiger partial charge in [-0.25, -0.2) is 18.8 Å². The summed E-state index contributed by atoms with van der Waals surface area (Å²) in [6.07, 6.45) is -0.493. The molecule has 1 saturated heterocycles. The van der Waals surface area contributed by atoms with Crippen molar-refractivity contribution in [3.8, 4) is 16.9 Å². The molecule has 1 fully saturated rings. The van der Waals surface area contributed by atoms with E-state index in [2.05, 4.69) is 10.3 Å². The highest BCUT2D eigenvalue weighted by Gasteiger charge is 2.42. The SMILES string of the molecule is CNCCCn1c(=O)[nH]c2c(F)ccc(-c3cccc(O[C@H]4C[C@@H](C(=O)O)N(C(=O)OC(C)(C)C)C4)c3)c21. The molecule has 204 valence electrons. The quantitative estimate of drug-likeness (QED) is 0.382. The first-order valence-electron chi connectivity index (χ1n) is 12.5. The molecule has 3 N–H and O–H groups in total. The molecule has 0 unspecified atom stereocenters. The Morgan fingerprint density at radius 2 is 2.00 bits per heavy atom. The lowest BCUT2D eigenvalue weighted by Gasteiger charge is -2.26. The number of imidazole rings is 1. The number of aryl methyl sites for hydroxylation is 1. The molecule has 1 amide bonds. The van der Waals surface area contributed by atoms with Crippen molar-refractivity contribution in [2.75, 3.05) is 20.1 Å². The predicted octanol–water partition coefficient (Wildman–Crippen LogP) is 3.59. The molecule has 38 heavy (non-hydrogen) atoms. The van der Waals surface area contributed by atoms with Crippen LogP contribution in [0, 0.1) is 5.82 Å². The topological polar surface area (TPSA) is 126 Å². The van der Waals surface area contributed by atoms with E-state index in [-0.39, 0.29) is 24.2 Å². The molecule has 2 heterocycles. The molecule has 3 aromatic rings. The number of amides is 1. The lowest BCUT2D eigenvalue weighted by molar-refractivity contribution is -0.142. The van der Waals surface area contributed by atoms with E-state index in [9.17, 15) is 23.9 Å². The van der Waals surface area contributed by atoms with E-state index < -0.39 is 35.6 Å². The monoisotopic (exact) mass is 528 g/mol. The highest BCUT2D eigenvalue weighted by atomic mass is 19.1. The van der Waals surface area contributed by atoms with Gasteiger partial charge < -0.3 is 24.9 Å². The van der Waals surface area contributed by atoms with Crippen LogP contribution in [0.2, 0.25) is 0 Å². The van der Waals surface area contributed by atoms with Crippen LogP contribution in [-0.4, -0.2) is 69.5 Å². The molecule has 4 rings (SSSR count). The van der Waals surface area contributed by atoms with Gasteiger partial charge in [0.1, 0.15) is 34.8 Å². The van der Waals surface area contributed by atoms with Gasteiger partial charge in [-0.05, 0) is 70.6 Å². The molecule has 10 nitrogen and oxygen atoms in total. The minimum atomic E-state index is -1.13. The molecule has 1 aromatic heterocycles. The second-order valence-corrected chi connectivity index (χ2v) is 10.3. The number of nitrogens with zero attached hydrogens (tertiary/aromatic N) is 2. The first kappa shape index (κ1) is 27.2. The van der Waals surface area contributed by atoms with E-state index in [1.165, 1.54) is 15.5 Å². The fraction of sp³-hybridized carbons (Fsp3) is 0.444. The number of rotatable bonds is 8. The number of hydrogen-bond acceptors (Lipinski definition) is 6. The smallest absolute Gasteiger partial charge is 0.411 e. The van der Waals surface area contributed by atoms with Gasteiger partial charge in [-0.1, -0.05) is 12.1 Å². The Bertz CT molecular complexity index is 1390. The van der Waals surface area contributed by atoms with Crippen molar-refractivity contribution in [2.24, 2.45) is 0 Å². The Balaban J connectivity index is 1.61. The number of halogens is 1. The Labute approximate surface area is 219 Å². The number of aromatic nitrogens is 2. The maximum absolute atomic E-state index is 14.6. The second-order valence-electron chi connectivity index (χ2n) is 10.3. The van der Waals surface area contributed by atoms with Gasteiger partial charge in [0.2, 0.25) is 0 Å². The molecular weight excluding hydrogens is 495 g/mol. The number of fused-ring (bicyclic) bond motifs is 1. The number of carbonyl (C=O) groups excluding carboxylic acids is 1. The predicted molar refractivity (Wildman–Crippen MR) is 140 cm³/mol. The van der Waals surface area contributed by atoms with Gasteiger partial charge in [-0.2, -0.15) is 0 Å². The summed E-state index contributed by atoms with van der Waals surface area (Å²) in [5, 5.41) is 12.7. The number of ether oxygens (including phenoxy) is 2. The fourth-order valence-corrected chi connectivity index (χ4v) is 4.67. The van der Waals surface area contributed by atoms with Crippen molar-refractivity contribution in [3.63, 3.8) is 0 Å². The number of carboxylic acids is 1. The second kappa shape index (κ2) is 10.9. The average molecular weight is 529 g/mol. The Morgan fingerprint density at radius 1 is 1.24 bits per heavy atom. The van der Waals surface area contributed by atoms with Crippen LogP contribution in [0.5, 0.6) is 5.75 Å². The first-order valence-corrected chi connectivity index (χ1v) is 12.5.